The number of hydrogen-bond acceptors (Lipinski definition) is 8. The molecule has 0 atom stereocenters. The maximum Gasteiger partial charge on any atom is 0.294 e. The van der Waals surface area contributed by atoms with Gasteiger partial charge in [-0.3, -0.25) is 4.99 Å². The number of nitrogens with zero attached hydrogens (tertiary/aromatic N) is 3. The summed E-state index contributed by atoms with van der Waals surface area (Å²) in [4.78, 5) is 23.5. The third kappa shape index (κ3) is 6.47. The molecule has 0 unspecified atom stereocenters. The molecule has 0 saturated carbocycles. The zero-order valence-corrected chi connectivity index (χ0v) is 12.4. The number of aliphatic imine (C=N–C) groups is 1. The SMILES string of the molecule is Cc1nc(CCCN=C(N)C(O)O)sc1CCO[N+](=O)[O-]. The summed E-state index contributed by atoms with van der Waals surface area (Å²) in [6, 6.07) is 0. The molecule has 0 spiro atoms. The van der Waals surface area contributed by atoms with E-state index in [0.29, 0.717) is 25.8 Å². The molecule has 0 aliphatic rings. The van der Waals surface area contributed by atoms with Gasteiger partial charge in [-0.05, 0) is 13.3 Å². The number of amidine groups is 1. The molecule has 1 heterocycles. The van der Waals surface area contributed by atoms with Crippen LogP contribution in [0.4, 0.5) is 0 Å². The molecule has 0 aliphatic heterocycles. The molecule has 1 aromatic heterocycles. The number of rotatable bonds is 9. The number of aliphatic hydroxyl groups is 2. The Morgan fingerprint density at radius 3 is 2.90 bits per heavy atom. The van der Waals surface area contributed by atoms with Crippen molar-refractivity contribution in [2.24, 2.45) is 10.7 Å². The molecular weight excluding hydrogens is 300 g/mol. The highest BCUT2D eigenvalue weighted by atomic mass is 32.1. The van der Waals surface area contributed by atoms with E-state index in [9.17, 15) is 10.1 Å². The molecule has 0 fully saturated rings. The van der Waals surface area contributed by atoms with Gasteiger partial charge in [-0.25, -0.2) is 4.98 Å². The molecule has 0 amide bonds. The lowest BCUT2D eigenvalue weighted by Gasteiger charge is -2.01. The first-order valence-corrected chi connectivity index (χ1v) is 7.10. The standard InChI is InChI=1S/C11H18N4O5S/c1-7-8(4-6-20-15(18)19)21-9(14-7)3-2-5-13-10(12)11(16)17/h11,16-17H,2-6H2,1H3,(H2,12,13). The highest BCUT2D eigenvalue weighted by molar-refractivity contribution is 7.11. The molecule has 21 heavy (non-hydrogen) atoms. The summed E-state index contributed by atoms with van der Waals surface area (Å²) in [5.74, 6) is -0.206. The van der Waals surface area contributed by atoms with Crippen LogP contribution in [-0.2, 0) is 17.7 Å². The monoisotopic (exact) mass is 318 g/mol. The van der Waals surface area contributed by atoms with Gasteiger partial charge in [-0.2, -0.15) is 0 Å². The van der Waals surface area contributed by atoms with Crippen LogP contribution in [-0.4, -0.2) is 45.6 Å². The van der Waals surface area contributed by atoms with Crippen LogP contribution in [0.25, 0.3) is 0 Å². The van der Waals surface area contributed by atoms with E-state index in [1.54, 1.807) is 0 Å². The van der Waals surface area contributed by atoms with Crippen molar-refractivity contribution in [3.63, 3.8) is 0 Å². The van der Waals surface area contributed by atoms with Crippen molar-refractivity contribution in [1.82, 2.24) is 4.98 Å². The Kier molecular flexibility index (Phi) is 6.99. The van der Waals surface area contributed by atoms with E-state index in [1.165, 1.54) is 11.3 Å². The van der Waals surface area contributed by atoms with Crippen molar-refractivity contribution in [3.8, 4) is 0 Å². The van der Waals surface area contributed by atoms with E-state index in [-0.39, 0.29) is 12.4 Å². The maximum absolute atomic E-state index is 10.1. The van der Waals surface area contributed by atoms with E-state index in [0.717, 1.165) is 15.6 Å². The molecule has 9 nitrogen and oxygen atoms in total. The highest BCUT2D eigenvalue weighted by Gasteiger charge is 2.08. The predicted octanol–water partition coefficient (Wildman–Crippen LogP) is -0.197. The van der Waals surface area contributed by atoms with E-state index in [1.807, 2.05) is 6.92 Å². The van der Waals surface area contributed by atoms with Crippen molar-refractivity contribution in [1.29, 1.82) is 0 Å². The van der Waals surface area contributed by atoms with Crippen molar-refractivity contribution in [3.05, 3.63) is 25.7 Å². The van der Waals surface area contributed by atoms with Gasteiger partial charge in [0.2, 0.25) is 6.29 Å². The summed E-state index contributed by atoms with van der Waals surface area (Å²) in [6.07, 6.45) is 0.0810. The van der Waals surface area contributed by atoms with Gasteiger partial charge in [0.25, 0.3) is 5.09 Å². The number of aromatic nitrogens is 1. The molecule has 0 saturated heterocycles. The number of nitrogens with two attached hydrogens (primary N) is 1. The Hall–Kier alpha value is -1.78. The normalized spacial score (nSPS) is 11.9. The van der Waals surface area contributed by atoms with Crippen LogP contribution >= 0.6 is 11.3 Å². The second-order valence-electron chi connectivity index (χ2n) is 4.21. The Morgan fingerprint density at radius 2 is 2.29 bits per heavy atom. The van der Waals surface area contributed by atoms with E-state index < -0.39 is 11.4 Å². The zero-order valence-electron chi connectivity index (χ0n) is 11.6. The average molecular weight is 318 g/mol. The van der Waals surface area contributed by atoms with Crippen molar-refractivity contribution in [2.75, 3.05) is 13.2 Å². The van der Waals surface area contributed by atoms with Crippen molar-refractivity contribution in [2.45, 2.75) is 32.5 Å². The largest absolute Gasteiger partial charge is 0.383 e. The van der Waals surface area contributed by atoms with Crippen LogP contribution < -0.4 is 5.73 Å². The molecule has 0 bridgehead atoms. The molecule has 10 heteroatoms. The third-order valence-electron chi connectivity index (χ3n) is 2.57. The Labute approximate surface area is 125 Å². The Balaban J connectivity index is 2.40. The Morgan fingerprint density at radius 1 is 1.57 bits per heavy atom. The lowest BCUT2D eigenvalue weighted by atomic mass is 10.3. The minimum absolute atomic E-state index is 0.0185. The van der Waals surface area contributed by atoms with Gasteiger partial charge in [0.05, 0.1) is 10.7 Å². The fourth-order valence-corrected chi connectivity index (χ4v) is 2.65. The lowest BCUT2D eigenvalue weighted by molar-refractivity contribution is -0.757. The molecular formula is C11H18N4O5S. The first kappa shape index (κ1) is 17.3. The highest BCUT2D eigenvalue weighted by Crippen LogP contribution is 2.20. The molecule has 0 aromatic carbocycles. The smallest absolute Gasteiger partial charge is 0.294 e. The first-order chi connectivity index (χ1) is 9.90. The van der Waals surface area contributed by atoms with Crippen LogP contribution in [0.2, 0.25) is 0 Å². The molecule has 4 N–H and O–H groups in total. The quantitative estimate of drug-likeness (QED) is 0.143. The summed E-state index contributed by atoms with van der Waals surface area (Å²) in [5.41, 5.74) is 6.11. The zero-order chi connectivity index (χ0) is 15.8. The number of thiazole rings is 1. The van der Waals surface area contributed by atoms with Gasteiger partial charge >= 0.3 is 0 Å². The van der Waals surface area contributed by atoms with Gasteiger partial charge < -0.3 is 20.8 Å². The van der Waals surface area contributed by atoms with Crippen molar-refractivity contribution < 1.29 is 20.1 Å². The summed E-state index contributed by atoms with van der Waals surface area (Å²) in [7, 11) is 0. The van der Waals surface area contributed by atoms with Crippen LogP contribution in [0.15, 0.2) is 4.99 Å². The van der Waals surface area contributed by atoms with Gasteiger partial charge in [0.1, 0.15) is 6.61 Å². The topological polar surface area (TPSA) is 144 Å². The van der Waals surface area contributed by atoms with Gasteiger partial charge in [-0.1, -0.05) is 0 Å². The van der Waals surface area contributed by atoms with Crippen LogP contribution in [0, 0.1) is 17.0 Å². The Bertz CT molecular complexity index is 503. The molecule has 0 aliphatic carbocycles. The second-order valence-corrected chi connectivity index (χ2v) is 5.38. The molecule has 1 aromatic rings. The fraction of sp³-hybridized carbons (Fsp3) is 0.636. The number of hydrogen-bond donors (Lipinski definition) is 3. The number of aryl methyl sites for hydroxylation is 2. The second kappa shape index (κ2) is 8.49. The summed E-state index contributed by atoms with van der Waals surface area (Å²) < 4.78 is 0. The third-order valence-corrected chi connectivity index (χ3v) is 3.85. The summed E-state index contributed by atoms with van der Waals surface area (Å²) in [6.45, 7) is 2.24. The molecule has 1 rings (SSSR count). The van der Waals surface area contributed by atoms with E-state index in [4.69, 9.17) is 15.9 Å². The first-order valence-electron chi connectivity index (χ1n) is 6.28. The van der Waals surface area contributed by atoms with Gasteiger partial charge in [0.15, 0.2) is 5.84 Å². The van der Waals surface area contributed by atoms with E-state index >= 15 is 0 Å². The predicted molar refractivity (Wildman–Crippen MR) is 76.5 cm³/mol. The van der Waals surface area contributed by atoms with Crippen LogP contribution in [0.1, 0.15) is 22.0 Å². The molecule has 0 radical (unpaired) electrons. The minimum atomic E-state index is -1.72. The minimum Gasteiger partial charge on any atom is -0.383 e. The van der Waals surface area contributed by atoms with Crippen LogP contribution in [0.5, 0.6) is 0 Å². The maximum atomic E-state index is 10.1. The fourth-order valence-electron chi connectivity index (χ4n) is 1.56. The summed E-state index contributed by atoms with van der Waals surface area (Å²) in [5, 5.41) is 27.6. The van der Waals surface area contributed by atoms with E-state index in [2.05, 4.69) is 14.8 Å². The lowest BCUT2D eigenvalue weighted by Crippen LogP contribution is -2.28. The molecule has 118 valence electrons. The van der Waals surface area contributed by atoms with Crippen LogP contribution in [0.3, 0.4) is 0 Å². The average Bonchev–Trinajstić information content (AvgIpc) is 2.74. The van der Waals surface area contributed by atoms with Gasteiger partial charge in [-0.15, -0.1) is 21.5 Å². The summed E-state index contributed by atoms with van der Waals surface area (Å²) >= 11 is 1.48. The number of aliphatic hydroxyl groups excluding tert-OH is 1. The van der Waals surface area contributed by atoms with Gasteiger partial charge in [0, 0.05) is 24.3 Å². The van der Waals surface area contributed by atoms with Crippen molar-refractivity contribution >= 4 is 17.2 Å².